The average molecular weight is 347 g/mol. The smallest absolute Gasteiger partial charge is 0.191 e. The van der Waals surface area contributed by atoms with E-state index in [4.69, 9.17) is 9.73 Å². The lowest BCUT2D eigenvalue weighted by Crippen LogP contribution is -2.49. The van der Waals surface area contributed by atoms with Crippen LogP contribution in [-0.4, -0.2) is 55.8 Å². The maximum atomic E-state index is 5.54. The lowest BCUT2D eigenvalue weighted by molar-refractivity contribution is -0.0165. The first-order valence-electron chi connectivity index (χ1n) is 9.46. The molecule has 5 heteroatoms. The van der Waals surface area contributed by atoms with Gasteiger partial charge in [0.05, 0.1) is 25.8 Å². The van der Waals surface area contributed by atoms with Crippen molar-refractivity contribution < 1.29 is 4.74 Å². The zero-order chi connectivity index (χ0) is 18.2. The van der Waals surface area contributed by atoms with Gasteiger partial charge in [-0.25, -0.2) is 0 Å². The minimum atomic E-state index is 0.219. The van der Waals surface area contributed by atoms with Crippen molar-refractivity contribution in [2.75, 3.05) is 32.8 Å². The van der Waals surface area contributed by atoms with Gasteiger partial charge in [0, 0.05) is 25.2 Å². The first-order chi connectivity index (χ1) is 12.0. The van der Waals surface area contributed by atoms with Gasteiger partial charge in [0.25, 0.3) is 0 Å². The highest BCUT2D eigenvalue weighted by Gasteiger charge is 2.23. The Balaban J connectivity index is 1.99. The Bertz CT molecular complexity index is 560. The highest BCUT2D eigenvalue weighted by Crippen LogP contribution is 2.16. The quantitative estimate of drug-likeness (QED) is 0.614. The molecule has 25 heavy (non-hydrogen) atoms. The van der Waals surface area contributed by atoms with E-state index in [0.717, 1.165) is 38.8 Å². The van der Waals surface area contributed by atoms with Crippen molar-refractivity contribution in [2.24, 2.45) is 4.99 Å². The lowest BCUT2D eigenvalue weighted by Gasteiger charge is -2.37. The van der Waals surface area contributed by atoms with E-state index < -0.39 is 0 Å². The number of hydrogen-bond donors (Lipinski definition) is 2. The van der Waals surface area contributed by atoms with Gasteiger partial charge in [-0.15, -0.1) is 0 Å². The Kier molecular flexibility index (Phi) is 7.72. The van der Waals surface area contributed by atoms with Crippen molar-refractivity contribution in [3.8, 4) is 0 Å². The van der Waals surface area contributed by atoms with Gasteiger partial charge in [0.2, 0.25) is 0 Å². The van der Waals surface area contributed by atoms with E-state index in [1.165, 1.54) is 11.1 Å². The molecule has 2 N–H and O–H groups in total. The third-order valence-electron chi connectivity index (χ3n) is 4.85. The molecular weight excluding hydrogens is 312 g/mol. The van der Waals surface area contributed by atoms with E-state index in [1.807, 2.05) is 0 Å². The fraction of sp³-hybridized carbons (Fsp3) is 0.650. The van der Waals surface area contributed by atoms with Crippen molar-refractivity contribution in [1.82, 2.24) is 15.5 Å². The van der Waals surface area contributed by atoms with Gasteiger partial charge in [-0.2, -0.15) is 0 Å². The van der Waals surface area contributed by atoms with E-state index in [2.05, 4.69) is 74.4 Å². The number of benzene rings is 1. The summed E-state index contributed by atoms with van der Waals surface area (Å²) in [4.78, 5) is 7.32. The fourth-order valence-corrected chi connectivity index (χ4v) is 3.40. The highest BCUT2D eigenvalue weighted by atomic mass is 16.5. The number of guanidine groups is 1. The van der Waals surface area contributed by atoms with E-state index in [0.29, 0.717) is 12.1 Å². The predicted octanol–water partition coefficient (Wildman–Crippen LogP) is 2.72. The number of ether oxygens (including phenoxy) is 1. The Morgan fingerprint density at radius 1 is 1.36 bits per heavy atom. The number of rotatable bonds is 6. The maximum Gasteiger partial charge on any atom is 0.191 e. The standard InChI is InChI=1S/C20H34N4O/c1-6-21-20(23-18(5)19-10-8-7-9-15(19)2)22-13-16(3)24-11-12-25-14-17(24)4/h7-10,16-18H,6,11-14H2,1-5H3,(H2,21,22,23). The molecule has 1 fully saturated rings. The van der Waals surface area contributed by atoms with Gasteiger partial charge in [-0.3, -0.25) is 9.89 Å². The van der Waals surface area contributed by atoms with Gasteiger partial charge < -0.3 is 15.4 Å². The molecule has 2 rings (SSSR count). The van der Waals surface area contributed by atoms with E-state index in [-0.39, 0.29) is 6.04 Å². The summed E-state index contributed by atoms with van der Waals surface area (Å²) in [5, 5.41) is 6.91. The monoisotopic (exact) mass is 346 g/mol. The first kappa shape index (κ1) is 19.7. The van der Waals surface area contributed by atoms with Crippen LogP contribution in [0.25, 0.3) is 0 Å². The van der Waals surface area contributed by atoms with Crippen LogP contribution in [0, 0.1) is 6.92 Å². The Labute approximate surface area is 152 Å². The molecule has 3 atom stereocenters. The molecule has 0 aliphatic carbocycles. The van der Waals surface area contributed by atoms with E-state index >= 15 is 0 Å². The van der Waals surface area contributed by atoms with Crippen LogP contribution in [0.5, 0.6) is 0 Å². The number of nitrogens with one attached hydrogen (secondary N) is 2. The SMILES string of the molecule is CCNC(=NCC(C)N1CCOCC1C)NC(C)c1ccccc1C. The summed E-state index contributed by atoms with van der Waals surface area (Å²) in [6.07, 6.45) is 0. The molecular formula is C20H34N4O. The average Bonchev–Trinajstić information content (AvgIpc) is 2.60. The second-order valence-corrected chi connectivity index (χ2v) is 6.95. The van der Waals surface area contributed by atoms with Crippen LogP contribution in [0.15, 0.2) is 29.3 Å². The fourth-order valence-electron chi connectivity index (χ4n) is 3.40. The van der Waals surface area contributed by atoms with Crippen LogP contribution in [0.2, 0.25) is 0 Å². The molecule has 5 nitrogen and oxygen atoms in total. The topological polar surface area (TPSA) is 48.9 Å². The normalized spacial score (nSPS) is 21.6. The maximum absolute atomic E-state index is 5.54. The van der Waals surface area contributed by atoms with Crippen molar-refractivity contribution in [1.29, 1.82) is 0 Å². The Morgan fingerprint density at radius 3 is 2.80 bits per heavy atom. The Hall–Kier alpha value is -1.59. The minimum Gasteiger partial charge on any atom is -0.379 e. The molecule has 0 saturated carbocycles. The van der Waals surface area contributed by atoms with E-state index in [1.54, 1.807) is 0 Å². The lowest BCUT2D eigenvalue weighted by atomic mass is 10.0. The van der Waals surface area contributed by atoms with Gasteiger partial charge in [-0.1, -0.05) is 24.3 Å². The van der Waals surface area contributed by atoms with Gasteiger partial charge >= 0.3 is 0 Å². The number of aryl methyl sites for hydroxylation is 1. The summed E-state index contributed by atoms with van der Waals surface area (Å²) in [5.74, 6) is 0.881. The van der Waals surface area contributed by atoms with Gasteiger partial charge in [0.15, 0.2) is 5.96 Å². The number of nitrogens with zero attached hydrogens (tertiary/aromatic N) is 2. The van der Waals surface area contributed by atoms with Crippen molar-refractivity contribution >= 4 is 5.96 Å². The molecule has 1 heterocycles. The van der Waals surface area contributed by atoms with Crippen molar-refractivity contribution in [2.45, 2.75) is 52.7 Å². The predicted molar refractivity (Wildman–Crippen MR) is 105 cm³/mol. The van der Waals surface area contributed by atoms with Crippen molar-refractivity contribution in [3.63, 3.8) is 0 Å². The molecule has 0 spiro atoms. The second-order valence-electron chi connectivity index (χ2n) is 6.95. The molecule has 1 saturated heterocycles. The summed E-state index contributed by atoms with van der Waals surface area (Å²) in [5.41, 5.74) is 2.61. The minimum absolute atomic E-state index is 0.219. The summed E-state index contributed by atoms with van der Waals surface area (Å²) in [6, 6.07) is 9.58. The van der Waals surface area contributed by atoms with Crippen LogP contribution in [0.3, 0.4) is 0 Å². The first-order valence-corrected chi connectivity index (χ1v) is 9.46. The molecule has 140 valence electrons. The Morgan fingerprint density at radius 2 is 2.12 bits per heavy atom. The van der Waals surface area contributed by atoms with Crippen LogP contribution in [-0.2, 0) is 4.74 Å². The largest absolute Gasteiger partial charge is 0.379 e. The van der Waals surface area contributed by atoms with Crippen LogP contribution in [0.4, 0.5) is 0 Å². The summed E-state index contributed by atoms with van der Waals surface area (Å²) in [7, 11) is 0. The number of aliphatic imine (C=N–C) groups is 1. The molecule has 1 aliphatic rings. The van der Waals surface area contributed by atoms with Crippen LogP contribution in [0.1, 0.15) is 44.9 Å². The molecule has 0 amide bonds. The van der Waals surface area contributed by atoms with Crippen molar-refractivity contribution in [3.05, 3.63) is 35.4 Å². The number of morpholine rings is 1. The van der Waals surface area contributed by atoms with Crippen LogP contribution < -0.4 is 10.6 Å². The molecule has 3 unspecified atom stereocenters. The van der Waals surface area contributed by atoms with E-state index in [9.17, 15) is 0 Å². The zero-order valence-corrected chi connectivity index (χ0v) is 16.4. The summed E-state index contributed by atoms with van der Waals surface area (Å²) < 4.78 is 5.54. The summed E-state index contributed by atoms with van der Waals surface area (Å²) >= 11 is 0. The van der Waals surface area contributed by atoms with Crippen LogP contribution >= 0.6 is 0 Å². The molecule has 1 aliphatic heterocycles. The van der Waals surface area contributed by atoms with Gasteiger partial charge in [-0.05, 0) is 45.7 Å². The number of hydrogen-bond acceptors (Lipinski definition) is 3. The second kappa shape index (κ2) is 9.78. The third-order valence-corrected chi connectivity index (χ3v) is 4.85. The molecule has 1 aromatic carbocycles. The molecule has 1 aromatic rings. The van der Waals surface area contributed by atoms with Gasteiger partial charge in [0.1, 0.15) is 0 Å². The zero-order valence-electron chi connectivity index (χ0n) is 16.4. The molecule has 0 aromatic heterocycles. The highest BCUT2D eigenvalue weighted by molar-refractivity contribution is 5.80. The summed E-state index contributed by atoms with van der Waals surface area (Å²) in [6.45, 7) is 15.2. The third kappa shape index (κ3) is 5.72. The molecule has 0 radical (unpaired) electrons. The molecule has 0 bridgehead atoms.